The largest absolute Gasteiger partial charge is 0.285 e. The minimum Gasteiger partial charge on any atom is -0.285 e. The number of H-pyrrole nitrogens is 1. The van der Waals surface area contributed by atoms with Crippen molar-refractivity contribution >= 4 is 0 Å². The molecule has 2 aromatic rings. The molecule has 0 spiro atoms. The highest BCUT2D eigenvalue weighted by molar-refractivity contribution is 5.67. The Morgan fingerprint density at radius 1 is 1.27 bits per heavy atom. The fraction of sp³-hybridized carbons (Fsp3) is 0.308. The highest BCUT2D eigenvalue weighted by atomic mass is 15.1. The molecule has 0 saturated heterocycles. The van der Waals surface area contributed by atoms with E-state index >= 15 is 0 Å². The Balaban J connectivity index is 2.54. The number of benzene rings is 1. The van der Waals surface area contributed by atoms with Gasteiger partial charge in [0.15, 0.2) is 0 Å². The van der Waals surface area contributed by atoms with E-state index in [2.05, 4.69) is 49.2 Å². The molecule has 0 aliphatic heterocycles. The fourth-order valence-corrected chi connectivity index (χ4v) is 1.99. The quantitative estimate of drug-likeness (QED) is 0.789. The van der Waals surface area contributed by atoms with Crippen LogP contribution in [0.5, 0.6) is 0 Å². The molecule has 0 aliphatic rings. The van der Waals surface area contributed by atoms with Crippen LogP contribution in [0.1, 0.15) is 30.9 Å². The minimum absolute atomic E-state index is 0.567. The molecule has 0 amide bonds. The number of nitrogens with one attached hydrogen (secondary N) is 1. The number of hydrogen-bond donors (Lipinski definition) is 1. The molecule has 0 bridgehead atoms. The molecule has 0 saturated carbocycles. The molecule has 2 heteroatoms. The van der Waals surface area contributed by atoms with Crippen molar-refractivity contribution < 1.29 is 0 Å². The van der Waals surface area contributed by atoms with Crippen LogP contribution in [0, 0.1) is 6.92 Å². The molecule has 78 valence electrons. The SMILES string of the molecule is Cc1c(-c2cn[nH]c2)cccc1C(C)C. The number of rotatable bonds is 2. The van der Waals surface area contributed by atoms with Gasteiger partial charge >= 0.3 is 0 Å². The predicted molar refractivity (Wildman–Crippen MR) is 62.8 cm³/mol. The molecule has 0 atom stereocenters. The van der Waals surface area contributed by atoms with Gasteiger partial charge < -0.3 is 0 Å². The molecule has 15 heavy (non-hydrogen) atoms. The van der Waals surface area contributed by atoms with Crippen molar-refractivity contribution in [1.29, 1.82) is 0 Å². The third kappa shape index (κ3) is 1.80. The fourth-order valence-electron chi connectivity index (χ4n) is 1.99. The Morgan fingerprint density at radius 2 is 2.07 bits per heavy atom. The average Bonchev–Trinajstić information content (AvgIpc) is 2.70. The van der Waals surface area contributed by atoms with E-state index in [0.29, 0.717) is 5.92 Å². The van der Waals surface area contributed by atoms with Gasteiger partial charge in [-0.15, -0.1) is 0 Å². The Kier molecular flexibility index (Phi) is 2.58. The lowest BCUT2D eigenvalue weighted by Crippen LogP contribution is -1.93. The normalized spacial score (nSPS) is 10.9. The first-order chi connectivity index (χ1) is 7.20. The van der Waals surface area contributed by atoms with E-state index in [1.54, 1.807) is 0 Å². The third-order valence-corrected chi connectivity index (χ3v) is 2.81. The Hall–Kier alpha value is -1.57. The summed E-state index contributed by atoms with van der Waals surface area (Å²) in [6.07, 6.45) is 3.80. The van der Waals surface area contributed by atoms with Gasteiger partial charge in [-0.1, -0.05) is 32.0 Å². The molecule has 2 nitrogen and oxygen atoms in total. The summed E-state index contributed by atoms with van der Waals surface area (Å²) >= 11 is 0. The van der Waals surface area contributed by atoms with Crippen molar-refractivity contribution in [3.63, 3.8) is 0 Å². The summed E-state index contributed by atoms with van der Waals surface area (Å²) < 4.78 is 0. The zero-order chi connectivity index (χ0) is 10.8. The van der Waals surface area contributed by atoms with Crippen LogP contribution in [0.2, 0.25) is 0 Å². The minimum atomic E-state index is 0.567. The number of nitrogens with zero attached hydrogens (tertiary/aromatic N) is 1. The van der Waals surface area contributed by atoms with E-state index in [4.69, 9.17) is 0 Å². The molecule has 0 unspecified atom stereocenters. The van der Waals surface area contributed by atoms with Crippen molar-refractivity contribution in [2.24, 2.45) is 0 Å². The lowest BCUT2D eigenvalue weighted by Gasteiger charge is -2.12. The van der Waals surface area contributed by atoms with Crippen LogP contribution in [-0.2, 0) is 0 Å². The lowest BCUT2D eigenvalue weighted by atomic mass is 9.92. The van der Waals surface area contributed by atoms with Crippen LogP contribution in [-0.4, -0.2) is 10.2 Å². The van der Waals surface area contributed by atoms with E-state index in [9.17, 15) is 0 Å². The molecule has 0 radical (unpaired) electrons. The van der Waals surface area contributed by atoms with Gasteiger partial charge in [-0.05, 0) is 29.5 Å². The van der Waals surface area contributed by atoms with Gasteiger partial charge in [0, 0.05) is 11.8 Å². The van der Waals surface area contributed by atoms with Crippen LogP contribution < -0.4 is 0 Å². The van der Waals surface area contributed by atoms with Gasteiger partial charge in [-0.3, -0.25) is 5.10 Å². The summed E-state index contributed by atoms with van der Waals surface area (Å²) in [6, 6.07) is 6.46. The van der Waals surface area contributed by atoms with Crippen LogP contribution in [0.4, 0.5) is 0 Å². The summed E-state index contributed by atoms with van der Waals surface area (Å²) in [5, 5.41) is 6.84. The molecule has 0 aliphatic carbocycles. The standard InChI is InChI=1S/C13H16N2/c1-9(2)12-5-4-6-13(10(12)3)11-7-14-15-8-11/h4-9H,1-3H3,(H,14,15). The average molecular weight is 200 g/mol. The second kappa shape index (κ2) is 3.89. The molecule has 1 aromatic carbocycles. The summed E-state index contributed by atoms with van der Waals surface area (Å²) in [5.74, 6) is 0.567. The molecule has 2 rings (SSSR count). The summed E-state index contributed by atoms with van der Waals surface area (Å²) in [4.78, 5) is 0. The van der Waals surface area contributed by atoms with Crippen molar-refractivity contribution in [1.82, 2.24) is 10.2 Å². The van der Waals surface area contributed by atoms with Crippen molar-refractivity contribution in [3.8, 4) is 11.1 Å². The monoisotopic (exact) mass is 200 g/mol. The first-order valence-corrected chi connectivity index (χ1v) is 5.29. The number of aromatic amines is 1. The zero-order valence-electron chi connectivity index (χ0n) is 9.41. The summed E-state index contributed by atoms with van der Waals surface area (Å²) in [7, 11) is 0. The van der Waals surface area contributed by atoms with E-state index in [1.807, 2.05) is 12.4 Å². The van der Waals surface area contributed by atoms with Gasteiger partial charge in [-0.25, -0.2) is 0 Å². The maximum Gasteiger partial charge on any atom is 0.0565 e. The maximum absolute atomic E-state index is 3.99. The summed E-state index contributed by atoms with van der Waals surface area (Å²) in [5.41, 5.74) is 5.20. The lowest BCUT2D eigenvalue weighted by molar-refractivity contribution is 0.857. The van der Waals surface area contributed by atoms with Gasteiger partial charge in [0.1, 0.15) is 0 Å². The van der Waals surface area contributed by atoms with Gasteiger partial charge in [0.05, 0.1) is 6.20 Å². The smallest absolute Gasteiger partial charge is 0.0565 e. The molecular weight excluding hydrogens is 184 g/mol. The van der Waals surface area contributed by atoms with E-state index in [1.165, 1.54) is 16.7 Å². The second-order valence-electron chi connectivity index (χ2n) is 4.16. The van der Waals surface area contributed by atoms with Crippen molar-refractivity contribution in [2.75, 3.05) is 0 Å². The number of hydrogen-bond acceptors (Lipinski definition) is 1. The van der Waals surface area contributed by atoms with E-state index in [0.717, 1.165) is 5.56 Å². The molecule has 1 N–H and O–H groups in total. The topological polar surface area (TPSA) is 28.7 Å². The Labute approximate surface area is 90.3 Å². The highest BCUT2D eigenvalue weighted by Crippen LogP contribution is 2.28. The highest BCUT2D eigenvalue weighted by Gasteiger charge is 2.08. The summed E-state index contributed by atoms with van der Waals surface area (Å²) in [6.45, 7) is 6.63. The van der Waals surface area contributed by atoms with Crippen molar-refractivity contribution in [2.45, 2.75) is 26.7 Å². The first kappa shape index (κ1) is 9.97. The van der Waals surface area contributed by atoms with Crippen LogP contribution in [0.3, 0.4) is 0 Å². The second-order valence-corrected chi connectivity index (χ2v) is 4.16. The number of aromatic nitrogens is 2. The predicted octanol–water partition coefficient (Wildman–Crippen LogP) is 3.51. The first-order valence-electron chi connectivity index (χ1n) is 5.29. The molecule has 1 aromatic heterocycles. The molecule has 1 heterocycles. The molecular formula is C13H16N2. The maximum atomic E-state index is 3.99. The Morgan fingerprint density at radius 3 is 2.67 bits per heavy atom. The van der Waals surface area contributed by atoms with Crippen LogP contribution in [0.25, 0.3) is 11.1 Å². The van der Waals surface area contributed by atoms with Gasteiger partial charge in [-0.2, -0.15) is 5.10 Å². The van der Waals surface area contributed by atoms with Crippen LogP contribution in [0.15, 0.2) is 30.6 Å². The zero-order valence-corrected chi connectivity index (χ0v) is 9.41. The van der Waals surface area contributed by atoms with Gasteiger partial charge in [0.25, 0.3) is 0 Å². The Bertz CT molecular complexity index is 442. The third-order valence-electron chi connectivity index (χ3n) is 2.81. The molecule has 0 fully saturated rings. The van der Waals surface area contributed by atoms with Gasteiger partial charge in [0.2, 0.25) is 0 Å². The van der Waals surface area contributed by atoms with E-state index < -0.39 is 0 Å². The van der Waals surface area contributed by atoms with E-state index in [-0.39, 0.29) is 0 Å². The van der Waals surface area contributed by atoms with Crippen LogP contribution >= 0.6 is 0 Å². The van der Waals surface area contributed by atoms with Crippen molar-refractivity contribution in [3.05, 3.63) is 41.7 Å².